The van der Waals surface area contributed by atoms with E-state index in [0.717, 1.165) is 11.1 Å². The molecule has 3 rings (SSSR count). The first-order valence-electron chi connectivity index (χ1n) is 12.6. The molecule has 202 valence electrons. The van der Waals surface area contributed by atoms with Crippen molar-refractivity contribution in [3.8, 4) is 11.5 Å². The number of ether oxygens (including phenoxy) is 3. The molecule has 8 heteroatoms. The molecule has 0 radical (unpaired) electrons. The molecule has 1 N–H and O–H groups in total. The highest BCUT2D eigenvalue weighted by Gasteiger charge is 2.23. The molecule has 0 aliphatic rings. The molecule has 0 aliphatic heterocycles. The minimum absolute atomic E-state index is 0.103. The van der Waals surface area contributed by atoms with Crippen LogP contribution < -0.4 is 14.8 Å². The molecule has 0 bridgehead atoms. The Morgan fingerprint density at radius 2 is 1.45 bits per heavy atom. The van der Waals surface area contributed by atoms with Crippen LogP contribution in [-0.2, 0) is 18.0 Å². The minimum atomic E-state index is -0.816. The van der Waals surface area contributed by atoms with Crippen LogP contribution >= 0.6 is 0 Å². The maximum Gasteiger partial charge on any atom is 0.410 e. The first kappa shape index (κ1) is 28.5. The Labute approximate surface area is 223 Å². The number of carbonyl (C=O) groups excluding carboxylic acids is 2. The fraction of sp³-hybridized carbons (Fsp3) is 0.333. The molecule has 3 aromatic carbocycles. The van der Waals surface area contributed by atoms with Gasteiger partial charge in [-0.3, -0.25) is 4.79 Å². The number of hydrogen-bond donors (Lipinski definition) is 1. The summed E-state index contributed by atoms with van der Waals surface area (Å²) in [6.45, 7) is 8.24. The average Bonchev–Trinajstić information content (AvgIpc) is 2.89. The summed E-state index contributed by atoms with van der Waals surface area (Å²) in [5, 5.41) is 2.68. The molecule has 7 nitrogen and oxygen atoms in total. The zero-order chi connectivity index (χ0) is 27.5. The number of carbonyl (C=O) groups is 2. The smallest absolute Gasteiger partial charge is 0.410 e. The number of hydrogen-bond acceptors (Lipinski definition) is 5. The third-order valence-electron chi connectivity index (χ3n) is 5.47. The number of nitrogens with one attached hydrogen (secondary N) is 1. The fourth-order valence-electron chi connectivity index (χ4n) is 3.53. The third-order valence-corrected chi connectivity index (χ3v) is 5.47. The van der Waals surface area contributed by atoms with Crippen LogP contribution in [0.4, 0.5) is 9.18 Å². The highest BCUT2D eigenvalue weighted by molar-refractivity contribution is 5.95. The van der Waals surface area contributed by atoms with Gasteiger partial charge in [0.25, 0.3) is 5.91 Å². The predicted octanol–water partition coefficient (Wildman–Crippen LogP) is 5.97. The van der Waals surface area contributed by atoms with Crippen LogP contribution in [0.3, 0.4) is 0 Å². The van der Waals surface area contributed by atoms with Gasteiger partial charge in [-0.15, -0.1) is 0 Å². The maximum atomic E-state index is 15.6. The van der Waals surface area contributed by atoms with Gasteiger partial charge in [-0.05, 0) is 51.0 Å². The Morgan fingerprint density at radius 3 is 2.00 bits per heavy atom. The Balaban J connectivity index is 1.72. The van der Waals surface area contributed by atoms with Crippen molar-refractivity contribution in [2.24, 2.45) is 0 Å². The summed E-state index contributed by atoms with van der Waals surface area (Å²) in [6, 6.07) is 21.7. The zero-order valence-corrected chi connectivity index (χ0v) is 22.3. The molecule has 3 aromatic rings. The summed E-state index contributed by atoms with van der Waals surface area (Å²) < 4.78 is 32.7. The SMILES string of the molecule is CCN(CCNC(=O)c1ccc(OCc2ccccc2)c(OCc2ccccc2)c1F)C(=O)OC(C)(C)C. The molecule has 0 aliphatic carbocycles. The summed E-state index contributed by atoms with van der Waals surface area (Å²) >= 11 is 0. The first-order chi connectivity index (χ1) is 18.2. The first-order valence-corrected chi connectivity index (χ1v) is 12.6. The molecule has 38 heavy (non-hydrogen) atoms. The van der Waals surface area contributed by atoms with Gasteiger partial charge in [-0.25, -0.2) is 9.18 Å². The van der Waals surface area contributed by atoms with Crippen LogP contribution in [0.2, 0.25) is 0 Å². The summed E-state index contributed by atoms with van der Waals surface area (Å²) in [6.07, 6.45) is -0.475. The van der Waals surface area contributed by atoms with Crippen molar-refractivity contribution in [1.29, 1.82) is 0 Å². The summed E-state index contributed by atoms with van der Waals surface area (Å²) in [5.41, 5.74) is 0.948. The normalized spacial score (nSPS) is 11.0. The van der Waals surface area contributed by atoms with Crippen LogP contribution in [0.15, 0.2) is 72.8 Å². The van der Waals surface area contributed by atoms with Crippen molar-refractivity contribution >= 4 is 12.0 Å². The van der Waals surface area contributed by atoms with Crippen LogP contribution in [0.5, 0.6) is 11.5 Å². The van der Waals surface area contributed by atoms with Crippen LogP contribution in [0.25, 0.3) is 0 Å². The summed E-state index contributed by atoms with van der Waals surface area (Å²) in [5.74, 6) is -1.38. The number of amides is 2. The molecule has 0 spiro atoms. The van der Waals surface area contributed by atoms with Gasteiger partial charge in [-0.1, -0.05) is 60.7 Å². The molecular weight excluding hydrogens is 487 g/mol. The number of likely N-dealkylation sites (N-methyl/N-ethyl adjacent to an activating group) is 1. The molecule has 0 saturated carbocycles. The topological polar surface area (TPSA) is 77.1 Å². The van der Waals surface area contributed by atoms with Crippen molar-refractivity contribution < 1.29 is 28.2 Å². The van der Waals surface area contributed by atoms with Gasteiger partial charge in [0.2, 0.25) is 0 Å². The van der Waals surface area contributed by atoms with Gasteiger partial charge in [0.1, 0.15) is 18.8 Å². The molecule has 0 fully saturated rings. The van der Waals surface area contributed by atoms with Gasteiger partial charge in [0, 0.05) is 19.6 Å². The molecule has 0 atom stereocenters. The molecular formula is C30H35FN2O5. The van der Waals surface area contributed by atoms with E-state index in [-0.39, 0.29) is 43.4 Å². The number of halogens is 1. The lowest BCUT2D eigenvalue weighted by Gasteiger charge is -2.26. The molecule has 2 amide bonds. The second kappa shape index (κ2) is 13.5. The van der Waals surface area contributed by atoms with Crippen molar-refractivity contribution in [3.63, 3.8) is 0 Å². The van der Waals surface area contributed by atoms with E-state index in [9.17, 15) is 9.59 Å². The number of benzene rings is 3. The van der Waals surface area contributed by atoms with Crippen molar-refractivity contribution in [2.75, 3.05) is 19.6 Å². The van der Waals surface area contributed by atoms with Crippen molar-refractivity contribution in [1.82, 2.24) is 10.2 Å². The fourth-order valence-corrected chi connectivity index (χ4v) is 3.53. The molecule has 0 saturated heterocycles. The maximum absolute atomic E-state index is 15.6. The standard InChI is InChI=1S/C30H35FN2O5/c1-5-33(29(35)38-30(2,3)4)19-18-32-28(34)24-16-17-25(36-20-22-12-8-6-9-13-22)27(26(24)31)37-21-23-14-10-7-11-15-23/h6-17H,5,18-21H2,1-4H3,(H,32,34). The van der Waals surface area contributed by atoms with E-state index < -0.39 is 23.4 Å². The quantitative estimate of drug-likeness (QED) is 0.336. The second-order valence-corrected chi connectivity index (χ2v) is 9.62. The minimum Gasteiger partial charge on any atom is -0.485 e. The van der Waals surface area contributed by atoms with Gasteiger partial charge < -0.3 is 24.4 Å². The summed E-state index contributed by atoms with van der Waals surface area (Å²) in [4.78, 5) is 26.7. The van der Waals surface area contributed by atoms with Gasteiger partial charge in [0.15, 0.2) is 17.3 Å². The van der Waals surface area contributed by atoms with Crippen molar-refractivity contribution in [3.05, 3.63) is 95.3 Å². The zero-order valence-electron chi connectivity index (χ0n) is 22.3. The van der Waals surface area contributed by atoms with E-state index in [2.05, 4.69) is 5.32 Å². The van der Waals surface area contributed by atoms with E-state index in [1.54, 1.807) is 20.8 Å². The molecule has 0 unspecified atom stereocenters. The Bertz CT molecular complexity index is 1200. The van der Waals surface area contributed by atoms with Crippen molar-refractivity contribution in [2.45, 2.75) is 46.5 Å². The van der Waals surface area contributed by atoms with E-state index in [1.807, 2.05) is 67.6 Å². The molecule has 0 aromatic heterocycles. The second-order valence-electron chi connectivity index (χ2n) is 9.62. The number of nitrogens with zero attached hydrogens (tertiary/aromatic N) is 1. The van der Waals surface area contributed by atoms with Gasteiger partial charge in [0.05, 0.1) is 5.56 Å². The van der Waals surface area contributed by atoms with E-state index >= 15 is 4.39 Å². The van der Waals surface area contributed by atoms with E-state index in [4.69, 9.17) is 14.2 Å². The van der Waals surface area contributed by atoms with Crippen LogP contribution in [0, 0.1) is 5.82 Å². The highest BCUT2D eigenvalue weighted by Crippen LogP contribution is 2.34. The lowest BCUT2D eigenvalue weighted by molar-refractivity contribution is 0.0260. The lowest BCUT2D eigenvalue weighted by atomic mass is 10.1. The monoisotopic (exact) mass is 522 g/mol. The molecule has 0 heterocycles. The third kappa shape index (κ3) is 8.50. The Hall–Kier alpha value is -4.07. The number of rotatable bonds is 11. The highest BCUT2D eigenvalue weighted by atomic mass is 19.1. The van der Waals surface area contributed by atoms with Crippen LogP contribution in [-0.4, -0.2) is 42.1 Å². The largest absolute Gasteiger partial charge is 0.485 e. The Kier molecular flexibility index (Phi) is 10.1. The lowest BCUT2D eigenvalue weighted by Crippen LogP contribution is -2.41. The van der Waals surface area contributed by atoms with Crippen LogP contribution in [0.1, 0.15) is 49.2 Å². The van der Waals surface area contributed by atoms with Gasteiger partial charge in [-0.2, -0.15) is 0 Å². The van der Waals surface area contributed by atoms with E-state index in [1.165, 1.54) is 17.0 Å². The summed E-state index contributed by atoms with van der Waals surface area (Å²) in [7, 11) is 0. The Morgan fingerprint density at radius 1 is 0.868 bits per heavy atom. The average molecular weight is 523 g/mol. The predicted molar refractivity (Wildman–Crippen MR) is 144 cm³/mol. The van der Waals surface area contributed by atoms with E-state index in [0.29, 0.717) is 6.54 Å². The van der Waals surface area contributed by atoms with Gasteiger partial charge >= 0.3 is 6.09 Å².